The summed E-state index contributed by atoms with van der Waals surface area (Å²) in [7, 11) is 3.63. The first-order valence-electron chi connectivity index (χ1n) is 8.23. The summed E-state index contributed by atoms with van der Waals surface area (Å²) in [6, 6.07) is 11.8. The van der Waals surface area contributed by atoms with Gasteiger partial charge in [-0.2, -0.15) is 15.0 Å². The molecule has 136 valence electrons. The third kappa shape index (κ3) is 3.36. The Labute approximate surface area is 159 Å². The molecular weight excluding hydrogens is 362 g/mol. The van der Waals surface area contributed by atoms with Crippen molar-refractivity contribution in [3.63, 3.8) is 0 Å². The van der Waals surface area contributed by atoms with Gasteiger partial charge in [0.25, 0.3) is 5.56 Å². The van der Waals surface area contributed by atoms with Crippen LogP contribution in [0.15, 0.2) is 47.5 Å². The third-order valence-corrected chi connectivity index (χ3v) is 5.07. The fourth-order valence-electron chi connectivity index (χ4n) is 2.67. The van der Waals surface area contributed by atoms with Crippen molar-refractivity contribution in [1.29, 1.82) is 0 Å². The van der Waals surface area contributed by atoms with Crippen LogP contribution >= 0.6 is 11.3 Å². The monoisotopic (exact) mass is 379 g/mol. The topological polar surface area (TPSA) is 103 Å². The quantitative estimate of drug-likeness (QED) is 0.578. The van der Waals surface area contributed by atoms with Crippen molar-refractivity contribution in [3.8, 4) is 10.4 Å². The molecule has 0 saturated carbocycles. The zero-order valence-corrected chi connectivity index (χ0v) is 15.6. The molecule has 0 radical (unpaired) electrons. The van der Waals surface area contributed by atoms with E-state index in [1.54, 1.807) is 4.90 Å². The van der Waals surface area contributed by atoms with E-state index in [9.17, 15) is 4.79 Å². The maximum atomic E-state index is 12.9. The minimum absolute atomic E-state index is 0.118. The summed E-state index contributed by atoms with van der Waals surface area (Å²) in [5.41, 5.74) is 6.68. The molecule has 0 saturated heterocycles. The summed E-state index contributed by atoms with van der Waals surface area (Å²) in [6.45, 7) is 0.172. The van der Waals surface area contributed by atoms with Crippen molar-refractivity contribution in [2.75, 3.05) is 24.7 Å². The Kier molecular flexibility index (Phi) is 4.28. The number of hydrogen-bond acceptors (Lipinski definition) is 8. The van der Waals surface area contributed by atoms with Crippen LogP contribution in [0.3, 0.4) is 0 Å². The van der Waals surface area contributed by atoms with E-state index in [1.807, 2.05) is 50.5 Å². The second-order valence-electron chi connectivity index (χ2n) is 6.18. The average molecular weight is 379 g/mol. The number of aromatic nitrogens is 5. The zero-order chi connectivity index (χ0) is 19.0. The van der Waals surface area contributed by atoms with E-state index in [-0.39, 0.29) is 18.1 Å². The van der Waals surface area contributed by atoms with Crippen LogP contribution in [0.4, 0.5) is 11.9 Å². The fourth-order valence-corrected chi connectivity index (χ4v) is 3.66. The number of rotatable bonds is 4. The van der Waals surface area contributed by atoms with Crippen molar-refractivity contribution < 1.29 is 0 Å². The van der Waals surface area contributed by atoms with E-state index in [0.29, 0.717) is 22.0 Å². The van der Waals surface area contributed by atoms with Gasteiger partial charge >= 0.3 is 0 Å². The van der Waals surface area contributed by atoms with Crippen LogP contribution in [0.2, 0.25) is 0 Å². The van der Waals surface area contributed by atoms with E-state index in [0.717, 1.165) is 10.4 Å². The fraction of sp³-hybridized carbons (Fsp3) is 0.167. The van der Waals surface area contributed by atoms with E-state index < -0.39 is 0 Å². The Balaban J connectivity index is 1.73. The Bertz CT molecular complexity index is 1170. The number of benzene rings is 1. The second-order valence-corrected chi connectivity index (χ2v) is 7.21. The van der Waals surface area contributed by atoms with Gasteiger partial charge < -0.3 is 10.6 Å². The maximum Gasteiger partial charge on any atom is 0.262 e. The van der Waals surface area contributed by atoms with Gasteiger partial charge in [-0.05, 0) is 11.6 Å². The van der Waals surface area contributed by atoms with Crippen molar-refractivity contribution >= 4 is 33.5 Å². The minimum atomic E-state index is -0.135. The molecule has 0 spiro atoms. The molecule has 0 fully saturated rings. The lowest BCUT2D eigenvalue weighted by atomic mass is 10.2. The van der Waals surface area contributed by atoms with Crippen LogP contribution in [0, 0.1) is 0 Å². The average Bonchev–Trinajstić information content (AvgIpc) is 3.09. The Morgan fingerprint density at radius 3 is 2.67 bits per heavy atom. The molecule has 4 rings (SSSR count). The van der Waals surface area contributed by atoms with Crippen molar-refractivity contribution in [3.05, 3.63) is 58.9 Å². The summed E-state index contributed by atoms with van der Waals surface area (Å²) in [4.78, 5) is 33.3. The van der Waals surface area contributed by atoms with Gasteiger partial charge in [0.05, 0.1) is 18.3 Å². The molecule has 2 N–H and O–H groups in total. The summed E-state index contributed by atoms with van der Waals surface area (Å²) in [5.74, 6) is 0.974. The molecular formula is C18H17N7OS. The van der Waals surface area contributed by atoms with Crippen LogP contribution in [-0.4, -0.2) is 38.6 Å². The lowest BCUT2D eigenvalue weighted by molar-refractivity contribution is 0.701. The standard InChI is InChI=1S/C18H17N7OS/c1-24(2)18-22-14(21-17(19)23-18)9-25-10-20-15-12(16(25)26)8-13(27-15)11-6-4-3-5-7-11/h3-8,10H,9H2,1-2H3,(H2,19,21,22,23). The number of fused-ring (bicyclic) bond motifs is 1. The second kappa shape index (κ2) is 6.76. The minimum Gasteiger partial charge on any atom is -0.368 e. The molecule has 1 aromatic carbocycles. The molecule has 0 aliphatic carbocycles. The van der Waals surface area contributed by atoms with Crippen LogP contribution in [0.25, 0.3) is 20.7 Å². The van der Waals surface area contributed by atoms with E-state index in [4.69, 9.17) is 5.73 Å². The summed E-state index contributed by atoms with van der Waals surface area (Å²) >= 11 is 1.50. The first kappa shape index (κ1) is 17.1. The van der Waals surface area contributed by atoms with E-state index in [2.05, 4.69) is 19.9 Å². The maximum absolute atomic E-state index is 12.9. The Morgan fingerprint density at radius 1 is 1.15 bits per heavy atom. The lowest BCUT2D eigenvalue weighted by Crippen LogP contribution is -2.23. The highest BCUT2D eigenvalue weighted by Gasteiger charge is 2.12. The Hall–Kier alpha value is -3.33. The molecule has 0 atom stereocenters. The number of nitrogens with zero attached hydrogens (tertiary/aromatic N) is 6. The highest BCUT2D eigenvalue weighted by atomic mass is 32.1. The van der Waals surface area contributed by atoms with Crippen LogP contribution in [0.5, 0.6) is 0 Å². The van der Waals surface area contributed by atoms with Crippen LogP contribution in [0.1, 0.15) is 5.82 Å². The molecule has 0 unspecified atom stereocenters. The van der Waals surface area contributed by atoms with Gasteiger partial charge in [-0.3, -0.25) is 9.36 Å². The van der Waals surface area contributed by atoms with Crippen LogP contribution in [-0.2, 0) is 6.54 Å². The van der Waals surface area contributed by atoms with Crippen molar-refractivity contribution in [2.45, 2.75) is 6.54 Å². The van der Waals surface area contributed by atoms with Gasteiger partial charge in [0.2, 0.25) is 11.9 Å². The normalized spacial score (nSPS) is 11.0. The largest absolute Gasteiger partial charge is 0.368 e. The number of thiophene rings is 1. The molecule has 8 nitrogen and oxygen atoms in total. The third-order valence-electron chi connectivity index (χ3n) is 3.98. The van der Waals surface area contributed by atoms with Gasteiger partial charge in [-0.15, -0.1) is 11.3 Å². The highest BCUT2D eigenvalue weighted by Crippen LogP contribution is 2.30. The predicted molar refractivity (Wildman–Crippen MR) is 107 cm³/mol. The zero-order valence-electron chi connectivity index (χ0n) is 14.8. The summed E-state index contributed by atoms with van der Waals surface area (Å²) in [6.07, 6.45) is 1.52. The van der Waals surface area contributed by atoms with Gasteiger partial charge in [0, 0.05) is 19.0 Å². The molecule has 27 heavy (non-hydrogen) atoms. The van der Waals surface area contributed by atoms with Gasteiger partial charge in [0.15, 0.2) is 5.82 Å². The number of hydrogen-bond donors (Lipinski definition) is 1. The lowest BCUT2D eigenvalue weighted by Gasteiger charge is -2.11. The van der Waals surface area contributed by atoms with E-state index in [1.165, 1.54) is 22.2 Å². The number of nitrogen functional groups attached to an aromatic ring is 1. The molecule has 9 heteroatoms. The van der Waals surface area contributed by atoms with Crippen molar-refractivity contribution in [2.24, 2.45) is 0 Å². The summed E-state index contributed by atoms with van der Waals surface area (Å²) in [5, 5.41) is 0.580. The molecule has 0 aliphatic heterocycles. The predicted octanol–water partition coefficient (Wildman–Crippen LogP) is 2.01. The molecule has 4 aromatic rings. The molecule has 0 bridgehead atoms. The SMILES string of the molecule is CN(C)c1nc(N)nc(Cn2cnc3sc(-c4ccccc4)cc3c2=O)n1. The molecule has 0 aliphatic rings. The summed E-state index contributed by atoms with van der Waals surface area (Å²) < 4.78 is 1.48. The molecule has 3 heterocycles. The number of nitrogens with two attached hydrogens (primary N) is 1. The van der Waals surface area contributed by atoms with Gasteiger partial charge in [-0.1, -0.05) is 30.3 Å². The first-order valence-corrected chi connectivity index (χ1v) is 9.05. The van der Waals surface area contributed by atoms with E-state index >= 15 is 0 Å². The van der Waals surface area contributed by atoms with Gasteiger partial charge in [-0.25, -0.2) is 4.98 Å². The first-order chi connectivity index (χ1) is 13.0. The molecule has 0 amide bonds. The number of anilines is 2. The highest BCUT2D eigenvalue weighted by molar-refractivity contribution is 7.21. The smallest absolute Gasteiger partial charge is 0.262 e. The van der Waals surface area contributed by atoms with Crippen LogP contribution < -0.4 is 16.2 Å². The van der Waals surface area contributed by atoms with Crippen molar-refractivity contribution in [1.82, 2.24) is 24.5 Å². The van der Waals surface area contributed by atoms with Gasteiger partial charge in [0.1, 0.15) is 4.83 Å². The molecule has 3 aromatic heterocycles. The Morgan fingerprint density at radius 2 is 1.93 bits per heavy atom.